The third-order valence-corrected chi connectivity index (χ3v) is 5.59. The van der Waals surface area contributed by atoms with Crippen molar-refractivity contribution in [2.75, 3.05) is 7.05 Å². The molecule has 1 atom stereocenters. The van der Waals surface area contributed by atoms with Crippen LogP contribution in [0.3, 0.4) is 0 Å². The van der Waals surface area contributed by atoms with E-state index < -0.39 is 0 Å². The summed E-state index contributed by atoms with van der Waals surface area (Å²) in [7, 11) is 2.03. The second kappa shape index (κ2) is 4.22. The molecule has 0 aromatic heterocycles. The SMILES string of the molecule is CC(N)CC(=O)N(C)C12CC3CC(CC(C3)C1)C2. The minimum Gasteiger partial charge on any atom is -0.340 e. The van der Waals surface area contributed by atoms with E-state index in [1.165, 1.54) is 38.5 Å². The van der Waals surface area contributed by atoms with Crippen molar-refractivity contribution in [2.24, 2.45) is 23.5 Å². The summed E-state index contributed by atoms with van der Waals surface area (Å²) in [5.41, 5.74) is 5.97. The average Bonchev–Trinajstić information content (AvgIpc) is 2.25. The third-order valence-electron chi connectivity index (χ3n) is 5.59. The molecule has 4 saturated carbocycles. The molecule has 0 heterocycles. The molecule has 0 aromatic rings. The van der Waals surface area contributed by atoms with Gasteiger partial charge in [0.05, 0.1) is 0 Å². The molecular formula is C15H26N2O. The van der Waals surface area contributed by atoms with Gasteiger partial charge in [-0.2, -0.15) is 0 Å². The zero-order chi connectivity index (χ0) is 12.9. The molecule has 0 spiro atoms. The summed E-state index contributed by atoms with van der Waals surface area (Å²) in [6.07, 6.45) is 8.52. The van der Waals surface area contributed by atoms with Crippen molar-refractivity contribution in [3.8, 4) is 0 Å². The molecule has 3 heteroatoms. The first-order chi connectivity index (χ1) is 8.48. The van der Waals surface area contributed by atoms with Gasteiger partial charge in [0.25, 0.3) is 0 Å². The van der Waals surface area contributed by atoms with Gasteiger partial charge in [0.1, 0.15) is 0 Å². The molecule has 4 bridgehead atoms. The van der Waals surface area contributed by atoms with Gasteiger partial charge in [-0.05, 0) is 63.2 Å². The van der Waals surface area contributed by atoms with Crippen LogP contribution in [0.1, 0.15) is 51.9 Å². The maximum absolute atomic E-state index is 12.3. The van der Waals surface area contributed by atoms with E-state index in [-0.39, 0.29) is 17.5 Å². The van der Waals surface area contributed by atoms with Gasteiger partial charge in [-0.1, -0.05) is 0 Å². The van der Waals surface area contributed by atoms with Crippen molar-refractivity contribution in [1.29, 1.82) is 0 Å². The molecule has 4 rings (SSSR count). The van der Waals surface area contributed by atoms with Gasteiger partial charge in [0.2, 0.25) is 5.91 Å². The first-order valence-corrected chi connectivity index (χ1v) is 7.51. The van der Waals surface area contributed by atoms with Crippen LogP contribution in [0.25, 0.3) is 0 Å². The Bertz CT molecular complexity index is 315. The van der Waals surface area contributed by atoms with Crippen LogP contribution in [0.15, 0.2) is 0 Å². The molecular weight excluding hydrogens is 224 g/mol. The fraction of sp³-hybridized carbons (Fsp3) is 0.933. The van der Waals surface area contributed by atoms with E-state index in [2.05, 4.69) is 4.90 Å². The molecule has 1 unspecified atom stereocenters. The molecule has 2 N–H and O–H groups in total. The van der Waals surface area contributed by atoms with Crippen LogP contribution < -0.4 is 5.73 Å². The third kappa shape index (κ3) is 1.97. The lowest BCUT2D eigenvalue weighted by atomic mass is 9.52. The van der Waals surface area contributed by atoms with Crippen LogP contribution in [0.4, 0.5) is 0 Å². The largest absolute Gasteiger partial charge is 0.340 e. The fourth-order valence-electron chi connectivity index (χ4n) is 5.15. The van der Waals surface area contributed by atoms with E-state index in [1.807, 2.05) is 14.0 Å². The Hall–Kier alpha value is -0.570. The van der Waals surface area contributed by atoms with E-state index in [9.17, 15) is 4.79 Å². The lowest BCUT2D eigenvalue weighted by Gasteiger charge is -2.59. The minimum atomic E-state index is -0.0196. The molecule has 102 valence electrons. The highest BCUT2D eigenvalue weighted by molar-refractivity contribution is 5.77. The number of nitrogens with zero attached hydrogens (tertiary/aromatic N) is 1. The monoisotopic (exact) mass is 250 g/mol. The zero-order valence-electron chi connectivity index (χ0n) is 11.7. The Morgan fingerprint density at radius 2 is 1.67 bits per heavy atom. The minimum absolute atomic E-state index is 0.0196. The van der Waals surface area contributed by atoms with Crippen molar-refractivity contribution in [2.45, 2.75) is 63.5 Å². The molecule has 18 heavy (non-hydrogen) atoms. The molecule has 0 radical (unpaired) electrons. The number of carbonyl (C=O) groups excluding carboxylic acids is 1. The topological polar surface area (TPSA) is 46.3 Å². The summed E-state index contributed by atoms with van der Waals surface area (Å²) in [4.78, 5) is 14.4. The summed E-state index contributed by atoms with van der Waals surface area (Å²) in [5, 5.41) is 0. The van der Waals surface area contributed by atoms with Gasteiger partial charge < -0.3 is 10.6 Å². The Balaban J connectivity index is 1.76. The van der Waals surface area contributed by atoms with Crippen molar-refractivity contribution >= 4 is 5.91 Å². The van der Waals surface area contributed by atoms with E-state index in [4.69, 9.17) is 5.73 Å². The van der Waals surface area contributed by atoms with Crippen LogP contribution >= 0.6 is 0 Å². The maximum Gasteiger partial charge on any atom is 0.224 e. The summed E-state index contributed by atoms with van der Waals surface area (Å²) < 4.78 is 0. The number of carbonyl (C=O) groups is 1. The summed E-state index contributed by atoms with van der Waals surface area (Å²) in [5.74, 6) is 2.93. The standard InChI is InChI=1S/C15H26N2O/c1-10(16)3-14(18)17(2)15-7-11-4-12(8-15)6-13(5-11)9-15/h10-13H,3-9,16H2,1-2H3. The molecule has 3 nitrogen and oxygen atoms in total. The normalized spacial score (nSPS) is 42.9. The van der Waals surface area contributed by atoms with Crippen LogP contribution in [-0.4, -0.2) is 29.4 Å². The zero-order valence-corrected chi connectivity index (χ0v) is 11.7. The van der Waals surface area contributed by atoms with E-state index in [1.54, 1.807) is 0 Å². The molecule has 4 fully saturated rings. The number of hydrogen-bond donors (Lipinski definition) is 1. The predicted octanol–water partition coefficient (Wildman–Crippen LogP) is 2.15. The molecule has 4 aliphatic carbocycles. The molecule has 0 aliphatic heterocycles. The number of hydrogen-bond acceptors (Lipinski definition) is 2. The smallest absolute Gasteiger partial charge is 0.224 e. The number of nitrogens with two attached hydrogens (primary N) is 1. The quantitative estimate of drug-likeness (QED) is 0.834. The summed E-state index contributed by atoms with van der Waals surface area (Å²) in [6, 6.07) is -0.0196. The Morgan fingerprint density at radius 3 is 2.06 bits per heavy atom. The fourth-order valence-corrected chi connectivity index (χ4v) is 5.15. The first kappa shape index (κ1) is 12.5. The van der Waals surface area contributed by atoms with Crippen molar-refractivity contribution in [1.82, 2.24) is 4.90 Å². The molecule has 0 aromatic carbocycles. The molecule has 1 amide bonds. The van der Waals surface area contributed by atoms with Crippen molar-refractivity contribution < 1.29 is 4.79 Å². The lowest BCUT2D eigenvalue weighted by Crippen LogP contribution is -2.60. The van der Waals surface area contributed by atoms with Gasteiger partial charge in [0, 0.05) is 25.0 Å². The van der Waals surface area contributed by atoms with Crippen LogP contribution in [0.2, 0.25) is 0 Å². The first-order valence-electron chi connectivity index (χ1n) is 7.51. The van der Waals surface area contributed by atoms with Crippen molar-refractivity contribution in [3.63, 3.8) is 0 Å². The van der Waals surface area contributed by atoms with Crippen molar-refractivity contribution in [3.05, 3.63) is 0 Å². The predicted molar refractivity (Wildman–Crippen MR) is 71.9 cm³/mol. The van der Waals surface area contributed by atoms with E-state index >= 15 is 0 Å². The molecule has 4 aliphatic rings. The van der Waals surface area contributed by atoms with Crippen LogP contribution in [0.5, 0.6) is 0 Å². The van der Waals surface area contributed by atoms with Gasteiger partial charge in [-0.25, -0.2) is 0 Å². The Kier molecular flexibility index (Phi) is 2.92. The highest BCUT2D eigenvalue weighted by Gasteiger charge is 2.53. The Labute approximate surface area is 110 Å². The van der Waals surface area contributed by atoms with Gasteiger partial charge >= 0.3 is 0 Å². The maximum atomic E-state index is 12.3. The van der Waals surface area contributed by atoms with Crippen LogP contribution in [0, 0.1) is 17.8 Å². The lowest BCUT2D eigenvalue weighted by molar-refractivity contribution is -0.147. The number of amides is 1. The van der Waals surface area contributed by atoms with E-state index in [0.717, 1.165) is 17.8 Å². The second-order valence-electron chi connectivity index (χ2n) is 7.28. The van der Waals surface area contributed by atoms with Gasteiger partial charge in [-0.3, -0.25) is 4.79 Å². The highest BCUT2D eigenvalue weighted by Crippen LogP contribution is 2.57. The second-order valence-corrected chi connectivity index (χ2v) is 7.28. The van der Waals surface area contributed by atoms with Gasteiger partial charge in [0.15, 0.2) is 0 Å². The highest BCUT2D eigenvalue weighted by atomic mass is 16.2. The van der Waals surface area contributed by atoms with E-state index in [0.29, 0.717) is 6.42 Å². The Morgan fingerprint density at radius 1 is 1.22 bits per heavy atom. The number of rotatable bonds is 3. The van der Waals surface area contributed by atoms with Gasteiger partial charge in [-0.15, -0.1) is 0 Å². The average molecular weight is 250 g/mol. The summed E-state index contributed by atoms with van der Waals surface area (Å²) >= 11 is 0. The molecule has 0 saturated heterocycles. The van der Waals surface area contributed by atoms with Crippen LogP contribution in [-0.2, 0) is 4.79 Å². The summed E-state index contributed by atoms with van der Waals surface area (Å²) in [6.45, 7) is 1.92.